The van der Waals surface area contributed by atoms with Gasteiger partial charge in [-0.1, -0.05) is 28.1 Å². The van der Waals surface area contributed by atoms with E-state index in [0.717, 1.165) is 16.6 Å². The molecule has 0 aliphatic carbocycles. The minimum absolute atomic E-state index is 0.286. The molecule has 5 heteroatoms. The average molecular weight is 321 g/mol. The normalized spacial score (nSPS) is 23.4. The van der Waals surface area contributed by atoms with Gasteiger partial charge in [-0.15, -0.1) is 0 Å². The summed E-state index contributed by atoms with van der Waals surface area (Å²) in [5.74, 6) is 1.62. The van der Waals surface area contributed by atoms with Crippen molar-refractivity contribution in [3.63, 3.8) is 0 Å². The molecule has 1 aromatic carbocycles. The zero-order valence-corrected chi connectivity index (χ0v) is 11.9. The summed E-state index contributed by atoms with van der Waals surface area (Å²) in [4.78, 5) is 0. The highest BCUT2D eigenvalue weighted by molar-refractivity contribution is 9.10. The van der Waals surface area contributed by atoms with E-state index in [0.29, 0.717) is 11.5 Å². The second-order valence-corrected chi connectivity index (χ2v) is 8.40. The van der Waals surface area contributed by atoms with Crippen molar-refractivity contribution in [1.29, 1.82) is 0 Å². The summed E-state index contributed by atoms with van der Waals surface area (Å²) < 4.78 is 23.6. The summed E-state index contributed by atoms with van der Waals surface area (Å²) in [7, 11) is -2.73. The molecule has 1 aliphatic rings. The monoisotopic (exact) mass is 320 g/mol. The van der Waals surface area contributed by atoms with E-state index in [9.17, 15) is 8.42 Å². The fourth-order valence-electron chi connectivity index (χ4n) is 1.69. The van der Waals surface area contributed by atoms with Gasteiger partial charge in [0, 0.05) is 15.5 Å². The van der Waals surface area contributed by atoms with Gasteiger partial charge in [0.1, 0.15) is 0 Å². The van der Waals surface area contributed by atoms with Gasteiger partial charge in [0.25, 0.3) is 0 Å². The molecule has 0 saturated carbocycles. The molecule has 1 heterocycles. The highest BCUT2D eigenvalue weighted by Crippen LogP contribution is 2.27. The second-order valence-electron chi connectivity index (χ2n) is 3.96. The molecule has 0 radical (unpaired) electrons. The summed E-state index contributed by atoms with van der Waals surface area (Å²) >= 11 is 5.14. The molecule has 1 saturated heterocycles. The van der Waals surface area contributed by atoms with Crippen LogP contribution in [0.5, 0.6) is 0 Å². The van der Waals surface area contributed by atoms with Crippen LogP contribution in [0.4, 0.5) is 0 Å². The Hall–Kier alpha value is -0.000000000000000111. The van der Waals surface area contributed by atoms with Crippen LogP contribution in [0.3, 0.4) is 0 Å². The van der Waals surface area contributed by atoms with Crippen molar-refractivity contribution in [3.8, 4) is 0 Å². The van der Waals surface area contributed by atoms with Crippen LogP contribution < -0.4 is 0 Å². The Morgan fingerprint density at radius 2 is 2.00 bits per heavy atom. The van der Waals surface area contributed by atoms with E-state index in [4.69, 9.17) is 0 Å². The van der Waals surface area contributed by atoms with Gasteiger partial charge in [-0.2, -0.15) is 11.8 Å². The molecule has 2 rings (SSSR count). The molecule has 2 nitrogen and oxygen atoms in total. The lowest BCUT2D eigenvalue weighted by atomic mass is 10.2. The fourth-order valence-corrected chi connectivity index (χ4v) is 5.56. The average Bonchev–Trinajstić information content (AvgIpc) is 2.58. The predicted octanol–water partition coefficient (Wildman–Crippen LogP) is 2.87. The van der Waals surface area contributed by atoms with Crippen molar-refractivity contribution in [2.75, 3.05) is 11.5 Å². The molecule has 0 spiro atoms. The third kappa shape index (κ3) is 3.50. The Morgan fingerprint density at radius 3 is 2.56 bits per heavy atom. The highest BCUT2D eigenvalue weighted by Gasteiger charge is 2.27. The quantitative estimate of drug-likeness (QED) is 0.858. The van der Waals surface area contributed by atoms with Crippen LogP contribution in [-0.2, 0) is 15.6 Å². The van der Waals surface area contributed by atoms with Gasteiger partial charge in [0.15, 0.2) is 9.84 Å². The second kappa shape index (κ2) is 5.10. The Morgan fingerprint density at radius 1 is 1.31 bits per heavy atom. The SMILES string of the molecule is O=S1(=O)CC[C@@H](SCc2ccc(Br)cc2)C1. The zero-order chi connectivity index (χ0) is 11.6. The van der Waals surface area contributed by atoms with Crippen molar-refractivity contribution in [1.82, 2.24) is 0 Å². The number of benzene rings is 1. The molecule has 88 valence electrons. The molecule has 0 aromatic heterocycles. The first-order valence-corrected chi connectivity index (χ1v) is 8.78. The number of halogens is 1. The van der Waals surface area contributed by atoms with Gasteiger partial charge in [-0.3, -0.25) is 0 Å². The molecule has 1 atom stereocenters. The first-order chi connectivity index (χ1) is 7.55. The third-order valence-electron chi connectivity index (χ3n) is 2.59. The molecule has 0 unspecified atom stereocenters. The number of sulfone groups is 1. The Balaban J connectivity index is 1.87. The van der Waals surface area contributed by atoms with Gasteiger partial charge in [-0.05, 0) is 24.1 Å². The maximum absolute atomic E-state index is 11.3. The number of rotatable bonds is 3. The standard InChI is InChI=1S/C11H13BrO2S2/c12-10-3-1-9(2-4-10)7-15-11-5-6-16(13,14)8-11/h1-4,11H,5-8H2/t11-/m1/s1. The molecule has 16 heavy (non-hydrogen) atoms. The summed E-state index contributed by atoms with van der Waals surface area (Å²) in [6.45, 7) is 0. The van der Waals surface area contributed by atoms with Crippen molar-refractivity contribution >= 4 is 37.5 Å². The summed E-state index contributed by atoms with van der Waals surface area (Å²) in [5.41, 5.74) is 1.25. The lowest BCUT2D eigenvalue weighted by Gasteiger charge is -2.07. The molecular formula is C11H13BrO2S2. The van der Waals surface area contributed by atoms with Gasteiger partial charge in [0.05, 0.1) is 11.5 Å². The van der Waals surface area contributed by atoms with Crippen LogP contribution in [0, 0.1) is 0 Å². The zero-order valence-electron chi connectivity index (χ0n) is 8.73. The van der Waals surface area contributed by atoms with Gasteiger partial charge >= 0.3 is 0 Å². The van der Waals surface area contributed by atoms with Crippen LogP contribution in [-0.4, -0.2) is 25.2 Å². The van der Waals surface area contributed by atoms with Crippen molar-refractivity contribution in [2.24, 2.45) is 0 Å². The van der Waals surface area contributed by atoms with Crippen LogP contribution >= 0.6 is 27.7 Å². The van der Waals surface area contributed by atoms with E-state index in [1.807, 2.05) is 12.1 Å². The number of thioether (sulfide) groups is 1. The molecule has 1 aliphatic heterocycles. The highest BCUT2D eigenvalue weighted by atomic mass is 79.9. The Bertz CT molecular complexity index is 453. The predicted molar refractivity (Wildman–Crippen MR) is 72.5 cm³/mol. The molecule has 0 bridgehead atoms. The Kier molecular flexibility index (Phi) is 3.97. The first-order valence-electron chi connectivity index (χ1n) is 5.12. The van der Waals surface area contributed by atoms with Crippen molar-refractivity contribution in [3.05, 3.63) is 34.3 Å². The third-order valence-corrected chi connectivity index (χ3v) is 6.47. The van der Waals surface area contributed by atoms with Crippen LogP contribution in [0.15, 0.2) is 28.7 Å². The van der Waals surface area contributed by atoms with Crippen LogP contribution in [0.1, 0.15) is 12.0 Å². The van der Waals surface area contributed by atoms with E-state index < -0.39 is 9.84 Å². The van der Waals surface area contributed by atoms with Crippen LogP contribution in [0.2, 0.25) is 0 Å². The number of hydrogen-bond acceptors (Lipinski definition) is 3. The lowest BCUT2D eigenvalue weighted by Crippen LogP contribution is -2.06. The molecule has 0 amide bonds. The minimum Gasteiger partial charge on any atom is -0.229 e. The largest absolute Gasteiger partial charge is 0.229 e. The fraction of sp³-hybridized carbons (Fsp3) is 0.455. The first kappa shape index (κ1) is 12.5. The van der Waals surface area contributed by atoms with E-state index in [1.54, 1.807) is 11.8 Å². The number of hydrogen-bond donors (Lipinski definition) is 0. The van der Waals surface area contributed by atoms with Crippen molar-refractivity contribution in [2.45, 2.75) is 17.4 Å². The summed E-state index contributed by atoms with van der Waals surface area (Å²) in [5, 5.41) is 0.286. The van der Waals surface area contributed by atoms with Crippen molar-refractivity contribution < 1.29 is 8.42 Å². The minimum atomic E-state index is -2.73. The lowest BCUT2D eigenvalue weighted by molar-refractivity contribution is 0.602. The smallest absolute Gasteiger partial charge is 0.151 e. The van der Waals surface area contributed by atoms with Crippen LogP contribution in [0.25, 0.3) is 0 Å². The molecule has 1 aromatic rings. The molecular weight excluding hydrogens is 308 g/mol. The van der Waals surface area contributed by atoms with Gasteiger partial charge in [0.2, 0.25) is 0 Å². The summed E-state index contributed by atoms with van der Waals surface area (Å²) in [6.07, 6.45) is 0.809. The topological polar surface area (TPSA) is 34.1 Å². The van der Waals surface area contributed by atoms with E-state index >= 15 is 0 Å². The summed E-state index contributed by atoms with van der Waals surface area (Å²) in [6, 6.07) is 8.17. The van der Waals surface area contributed by atoms with E-state index in [2.05, 4.69) is 28.1 Å². The molecule has 1 fully saturated rings. The maximum atomic E-state index is 11.3. The van der Waals surface area contributed by atoms with Gasteiger partial charge in [-0.25, -0.2) is 8.42 Å². The van der Waals surface area contributed by atoms with E-state index in [-0.39, 0.29) is 5.25 Å². The maximum Gasteiger partial charge on any atom is 0.151 e. The molecule has 0 N–H and O–H groups in total. The van der Waals surface area contributed by atoms with Gasteiger partial charge < -0.3 is 0 Å². The van der Waals surface area contributed by atoms with E-state index in [1.165, 1.54) is 5.56 Å². The Labute approximate surface area is 109 Å².